The molecule has 1 aromatic rings. The molecule has 0 radical (unpaired) electrons. The van der Waals surface area contributed by atoms with Crippen LogP contribution in [0.2, 0.25) is 0 Å². The molecule has 3 fully saturated rings. The van der Waals surface area contributed by atoms with Crippen LogP contribution in [0.25, 0.3) is 0 Å². The molecule has 1 spiro atoms. The SMILES string of the molecule is O=C(c1ccccc1)N1CCC2(CC1)CC(N1CCOCC1)CCO2. The average Bonchev–Trinajstić information content (AvgIpc) is 2.69. The van der Waals surface area contributed by atoms with E-state index in [-0.39, 0.29) is 11.5 Å². The zero-order valence-electron chi connectivity index (χ0n) is 14.9. The second-order valence-corrected chi connectivity index (χ2v) is 7.48. The van der Waals surface area contributed by atoms with Crippen molar-refractivity contribution in [2.24, 2.45) is 0 Å². The Morgan fingerprint density at radius 2 is 1.72 bits per heavy atom. The molecule has 1 amide bonds. The van der Waals surface area contributed by atoms with Crippen molar-refractivity contribution in [3.05, 3.63) is 35.9 Å². The van der Waals surface area contributed by atoms with Gasteiger partial charge in [0.2, 0.25) is 0 Å². The van der Waals surface area contributed by atoms with Crippen molar-refractivity contribution in [1.29, 1.82) is 0 Å². The molecule has 0 aromatic heterocycles. The lowest BCUT2D eigenvalue weighted by molar-refractivity contribution is -0.136. The first kappa shape index (κ1) is 17.0. The minimum Gasteiger partial charge on any atom is -0.379 e. The van der Waals surface area contributed by atoms with Crippen LogP contribution in [0, 0.1) is 0 Å². The van der Waals surface area contributed by atoms with Gasteiger partial charge < -0.3 is 14.4 Å². The van der Waals surface area contributed by atoms with Crippen molar-refractivity contribution in [3.63, 3.8) is 0 Å². The Morgan fingerprint density at radius 1 is 1.00 bits per heavy atom. The highest BCUT2D eigenvalue weighted by Gasteiger charge is 2.42. The molecule has 3 aliphatic rings. The van der Waals surface area contributed by atoms with Gasteiger partial charge in [0.25, 0.3) is 5.91 Å². The van der Waals surface area contributed by atoms with Gasteiger partial charge in [0, 0.05) is 44.4 Å². The van der Waals surface area contributed by atoms with E-state index in [1.165, 1.54) is 0 Å². The third-order valence-electron chi connectivity index (χ3n) is 6.01. The maximum atomic E-state index is 12.6. The van der Waals surface area contributed by atoms with Crippen molar-refractivity contribution in [2.75, 3.05) is 46.0 Å². The molecule has 1 atom stereocenters. The van der Waals surface area contributed by atoms with Crippen LogP contribution in [0.4, 0.5) is 0 Å². The first-order valence-corrected chi connectivity index (χ1v) is 9.56. The van der Waals surface area contributed by atoms with E-state index >= 15 is 0 Å². The van der Waals surface area contributed by atoms with Crippen LogP contribution in [-0.4, -0.2) is 73.3 Å². The fraction of sp³-hybridized carbons (Fsp3) is 0.650. The third kappa shape index (κ3) is 3.73. The molecular weight excluding hydrogens is 316 g/mol. The van der Waals surface area contributed by atoms with E-state index in [2.05, 4.69) is 4.90 Å². The van der Waals surface area contributed by atoms with Gasteiger partial charge in [0.15, 0.2) is 0 Å². The van der Waals surface area contributed by atoms with Gasteiger partial charge >= 0.3 is 0 Å². The van der Waals surface area contributed by atoms with E-state index in [0.29, 0.717) is 6.04 Å². The summed E-state index contributed by atoms with van der Waals surface area (Å²) in [6.45, 7) is 6.22. The normalized spacial score (nSPS) is 27.4. The molecule has 1 unspecified atom stereocenters. The number of benzene rings is 1. The third-order valence-corrected chi connectivity index (χ3v) is 6.01. The molecule has 0 N–H and O–H groups in total. The van der Waals surface area contributed by atoms with Gasteiger partial charge in [-0.05, 0) is 37.8 Å². The van der Waals surface area contributed by atoms with Crippen LogP contribution in [0.3, 0.4) is 0 Å². The highest BCUT2D eigenvalue weighted by atomic mass is 16.5. The molecule has 1 aromatic carbocycles. The Labute approximate surface area is 149 Å². The molecule has 136 valence electrons. The number of carbonyl (C=O) groups excluding carboxylic acids is 1. The number of carbonyl (C=O) groups is 1. The second-order valence-electron chi connectivity index (χ2n) is 7.48. The molecule has 0 bridgehead atoms. The van der Waals surface area contributed by atoms with Crippen LogP contribution in [0.5, 0.6) is 0 Å². The number of piperidine rings is 1. The molecule has 5 nitrogen and oxygen atoms in total. The first-order valence-electron chi connectivity index (χ1n) is 9.56. The van der Waals surface area contributed by atoms with Crippen LogP contribution < -0.4 is 0 Å². The van der Waals surface area contributed by atoms with E-state index in [1.54, 1.807) is 0 Å². The van der Waals surface area contributed by atoms with Crippen LogP contribution in [-0.2, 0) is 9.47 Å². The molecule has 0 aliphatic carbocycles. The number of amides is 1. The van der Waals surface area contributed by atoms with E-state index in [1.807, 2.05) is 35.2 Å². The predicted molar refractivity (Wildman–Crippen MR) is 95.7 cm³/mol. The van der Waals surface area contributed by atoms with Gasteiger partial charge in [-0.2, -0.15) is 0 Å². The smallest absolute Gasteiger partial charge is 0.253 e. The summed E-state index contributed by atoms with van der Waals surface area (Å²) < 4.78 is 11.8. The molecule has 25 heavy (non-hydrogen) atoms. The zero-order valence-corrected chi connectivity index (χ0v) is 14.9. The molecule has 5 heteroatoms. The Bertz CT molecular complexity index is 578. The summed E-state index contributed by atoms with van der Waals surface area (Å²) in [7, 11) is 0. The van der Waals surface area contributed by atoms with Crippen LogP contribution in [0.15, 0.2) is 30.3 Å². The maximum absolute atomic E-state index is 12.6. The second kappa shape index (κ2) is 7.44. The Balaban J connectivity index is 1.36. The number of hydrogen-bond acceptors (Lipinski definition) is 4. The lowest BCUT2D eigenvalue weighted by atomic mass is 9.81. The summed E-state index contributed by atoms with van der Waals surface area (Å²) in [6.07, 6.45) is 4.12. The number of likely N-dealkylation sites (tertiary alicyclic amines) is 1. The van der Waals surface area contributed by atoms with Crippen molar-refractivity contribution < 1.29 is 14.3 Å². The van der Waals surface area contributed by atoms with E-state index in [9.17, 15) is 4.79 Å². The molecule has 3 heterocycles. The molecule has 4 rings (SSSR count). The highest BCUT2D eigenvalue weighted by Crippen LogP contribution is 2.37. The Kier molecular flexibility index (Phi) is 5.06. The number of nitrogens with zero attached hydrogens (tertiary/aromatic N) is 2. The number of rotatable bonds is 2. The van der Waals surface area contributed by atoms with E-state index < -0.39 is 0 Å². The van der Waals surface area contributed by atoms with E-state index in [4.69, 9.17) is 9.47 Å². The van der Waals surface area contributed by atoms with Crippen molar-refractivity contribution >= 4 is 5.91 Å². The molecule has 0 saturated carbocycles. The predicted octanol–water partition coefficient (Wildman–Crippen LogP) is 2.17. The first-order chi connectivity index (χ1) is 12.3. The largest absolute Gasteiger partial charge is 0.379 e. The number of morpholine rings is 1. The zero-order chi connectivity index (χ0) is 17.1. The average molecular weight is 344 g/mol. The number of hydrogen-bond donors (Lipinski definition) is 0. The standard InChI is InChI=1S/C20H28N2O3/c23-19(17-4-2-1-3-5-17)22-9-7-20(8-10-22)16-18(6-13-25-20)21-11-14-24-15-12-21/h1-5,18H,6-16H2. The van der Waals surface area contributed by atoms with Crippen LogP contribution in [0.1, 0.15) is 36.0 Å². The van der Waals surface area contributed by atoms with Gasteiger partial charge in [-0.15, -0.1) is 0 Å². The van der Waals surface area contributed by atoms with Crippen molar-refractivity contribution in [2.45, 2.75) is 37.3 Å². The lowest BCUT2D eigenvalue weighted by Gasteiger charge is -2.49. The van der Waals surface area contributed by atoms with Crippen molar-refractivity contribution in [3.8, 4) is 0 Å². The minimum absolute atomic E-state index is 0.0330. The van der Waals surface area contributed by atoms with Crippen molar-refractivity contribution in [1.82, 2.24) is 9.80 Å². The number of ether oxygens (including phenoxy) is 2. The summed E-state index contributed by atoms with van der Waals surface area (Å²) in [5.74, 6) is 0.149. The lowest BCUT2D eigenvalue weighted by Crippen LogP contribution is -2.55. The summed E-state index contributed by atoms with van der Waals surface area (Å²) in [5, 5.41) is 0. The fourth-order valence-corrected chi connectivity index (χ4v) is 4.49. The van der Waals surface area contributed by atoms with Gasteiger partial charge in [0.1, 0.15) is 0 Å². The van der Waals surface area contributed by atoms with Gasteiger partial charge in [0.05, 0.1) is 18.8 Å². The maximum Gasteiger partial charge on any atom is 0.253 e. The summed E-state index contributed by atoms with van der Waals surface area (Å²) >= 11 is 0. The monoisotopic (exact) mass is 344 g/mol. The molecule has 3 saturated heterocycles. The van der Waals surface area contributed by atoms with Gasteiger partial charge in [-0.25, -0.2) is 0 Å². The van der Waals surface area contributed by atoms with E-state index in [0.717, 1.165) is 77.2 Å². The summed E-state index contributed by atoms with van der Waals surface area (Å²) in [5.41, 5.74) is 0.753. The topological polar surface area (TPSA) is 42.0 Å². The minimum atomic E-state index is -0.0330. The summed E-state index contributed by atoms with van der Waals surface area (Å²) in [6, 6.07) is 10.2. The summed E-state index contributed by atoms with van der Waals surface area (Å²) in [4.78, 5) is 17.2. The highest BCUT2D eigenvalue weighted by molar-refractivity contribution is 5.94. The van der Waals surface area contributed by atoms with Crippen LogP contribution >= 0.6 is 0 Å². The van der Waals surface area contributed by atoms with Gasteiger partial charge in [-0.3, -0.25) is 9.69 Å². The van der Waals surface area contributed by atoms with Gasteiger partial charge in [-0.1, -0.05) is 18.2 Å². The Morgan fingerprint density at radius 3 is 2.44 bits per heavy atom. The quantitative estimate of drug-likeness (QED) is 0.825. The molecule has 3 aliphatic heterocycles. The Hall–Kier alpha value is -1.43. The fourth-order valence-electron chi connectivity index (χ4n) is 4.49. The molecular formula is C20H28N2O3.